The minimum Gasteiger partial charge on any atom is -0.456 e. The summed E-state index contributed by atoms with van der Waals surface area (Å²) in [6, 6.07) is 83.2. The lowest BCUT2D eigenvalue weighted by atomic mass is 9.91. The predicted octanol–water partition coefficient (Wildman–Crippen LogP) is 19.2. The Morgan fingerprint density at radius 2 is 0.603 bits per heavy atom. The number of nitrogens with zero attached hydrogens (tertiary/aromatic N) is 2. The molecule has 0 unspecified atom stereocenters. The van der Waals surface area contributed by atoms with E-state index in [9.17, 15) is 0 Å². The van der Waals surface area contributed by atoms with Crippen molar-refractivity contribution in [2.75, 3.05) is 0 Å². The Bertz CT molecular complexity index is 4870. The average Bonchev–Trinajstić information content (AvgIpc) is 4.28. The van der Waals surface area contributed by atoms with Gasteiger partial charge in [-0.25, -0.2) is 0 Å². The molecule has 5 heteroatoms. The Kier molecular flexibility index (Phi) is 7.67. The van der Waals surface area contributed by atoms with Crippen molar-refractivity contribution in [3.8, 4) is 33.6 Å². The number of benzene rings is 12. The zero-order valence-electron chi connectivity index (χ0n) is 39.1. The number of furan rings is 3. The molecule has 17 aromatic rings. The van der Waals surface area contributed by atoms with Gasteiger partial charge in [0.2, 0.25) is 0 Å². The first-order chi connectivity index (χ1) is 36.2. The van der Waals surface area contributed by atoms with Crippen molar-refractivity contribution in [2.24, 2.45) is 0 Å². The van der Waals surface area contributed by atoms with Crippen LogP contribution in [0.5, 0.6) is 0 Å². The molecule has 0 spiro atoms. The summed E-state index contributed by atoms with van der Waals surface area (Å²) in [5.74, 6) is 0. The standard InChI is InChI=1S/C68H38N2O3/c1-3-15-41(16-4-1)69-59-23-11-7-19-43(59)51-35-55-49(37-61(51)69)47(39-27-29-65-53(31-39)45-21-9-13-25-63(45)71-65)33-57-58-34-48(40-28-30-66-54(32-40)46-22-10-14-26-64(46)72-66)50-38-62-52(36-56(50)68(58)73-67(55)57)44-20-8-12-24-60(44)70(62)42-17-5-2-6-18-42/h1-38H. The third-order valence-corrected chi connectivity index (χ3v) is 15.7. The van der Waals surface area contributed by atoms with Crippen molar-refractivity contribution in [2.45, 2.75) is 0 Å². The summed E-state index contributed by atoms with van der Waals surface area (Å²) in [5, 5.41) is 15.6. The quantitative estimate of drug-likeness (QED) is 0.177. The van der Waals surface area contributed by atoms with E-state index in [0.29, 0.717) is 0 Å². The first-order valence-corrected chi connectivity index (χ1v) is 24.9. The molecule has 338 valence electrons. The first-order valence-electron chi connectivity index (χ1n) is 24.9. The highest BCUT2D eigenvalue weighted by molar-refractivity contribution is 6.29. The smallest absolute Gasteiger partial charge is 0.143 e. The molecule has 0 aliphatic heterocycles. The van der Waals surface area contributed by atoms with Crippen molar-refractivity contribution in [1.82, 2.24) is 9.13 Å². The van der Waals surface area contributed by atoms with Gasteiger partial charge in [-0.3, -0.25) is 0 Å². The van der Waals surface area contributed by atoms with Gasteiger partial charge in [0.05, 0.1) is 22.1 Å². The molecular formula is C68H38N2O3. The van der Waals surface area contributed by atoms with E-state index in [1.165, 1.54) is 21.5 Å². The molecule has 17 rings (SSSR count). The van der Waals surface area contributed by atoms with Crippen molar-refractivity contribution in [3.63, 3.8) is 0 Å². The van der Waals surface area contributed by atoms with Gasteiger partial charge >= 0.3 is 0 Å². The molecule has 0 fully saturated rings. The molecule has 0 saturated heterocycles. The van der Waals surface area contributed by atoms with E-state index in [-0.39, 0.29) is 0 Å². The predicted molar refractivity (Wildman–Crippen MR) is 303 cm³/mol. The molecule has 0 saturated carbocycles. The van der Waals surface area contributed by atoms with Gasteiger partial charge in [0.25, 0.3) is 0 Å². The SMILES string of the molecule is c1ccc(-n2c3ccccc3c3cc4c(cc32)c(-c2ccc3oc5ccccc5c3c2)cc2c3cc(-c5ccc6oc7ccccc7c6c5)c5cc6c(cc5c3oc42)c2ccccc2n6-c2ccccc2)cc1. The van der Waals surface area contributed by atoms with Gasteiger partial charge in [-0.15, -0.1) is 0 Å². The van der Waals surface area contributed by atoms with Gasteiger partial charge in [-0.2, -0.15) is 0 Å². The fourth-order valence-corrected chi connectivity index (χ4v) is 12.4. The summed E-state index contributed by atoms with van der Waals surface area (Å²) in [7, 11) is 0. The minimum atomic E-state index is 0.864. The van der Waals surface area contributed by atoms with Crippen LogP contribution in [0.25, 0.3) is 165 Å². The van der Waals surface area contributed by atoms with Crippen LogP contribution in [0.4, 0.5) is 0 Å². The van der Waals surface area contributed by atoms with Crippen molar-refractivity contribution >= 4 is 131 Å². The van der Waals surface area contributed by atoms with Gasteiger partial charge in [-0.05, 0) is 142 Å². The van der Waals surface area contributed by atoms with E-state index in [2.05, 4.69) is 228 Å². The van der Waals surface area contributed by atoms with Gasteiger partial charge in [-0.1, -0.05) is 121 Å². The molecule has 0 N–H and O–H groups in total. The topological polar surface area (TPSA) is 49.3 Å². The summed E-state index contributed by atoms with van der Waals surface area (Å²) in [5.41, 5.74) is 16.5. The van der Waals surface area contributed by atoms with Crippen molar-refractivity contribution < 1.29 is 13.3 Å². The second-order valence-corrected chi connectivity index (χ2v) is 19.5. The van der Waals surface area contributed by atoms with Crippen LogP contribution >= 0.6 is 0 Å². The van der Waals surface area contributed by atoms with Crippen LogP contribution in [0, 0.1) is 0 Å². The molecule has 5 aromatic heterocycles. The van der Waals surface area contributed by atoms with Crippen LogP contribution in [-0.4, -0.2) is 9.13 Å². The second kappa shape index (κ2) is 14.4. The maximum Gasteiger partial charge on any atom is 0.143 e. The lowest BCUT2D eigenvalue weighted by molar-refractivity contribution is 0.668. The summed E-state index contributed by atoms with van der Waals surface area (Å²) >= 11 is 0. The van der Waals surface area contributed by atoms with Crippen LogP contribution < -0.4 is 0 Å². The lowest BCUT2D eigenvalue weighted by Gasteiger charge is -2.12. The maximum absolute atomic E-state index is 7.55. The summed E-state index contributed by atoms with van der Waals surface area (Å²) < 4.78 is 25.2. The third-order valence-electron chi connectivity index (χ3n) is 15.7. The van der Waals surface area contributed by atoms with Crippen LogP contribution in [0.2, 0.25) is 0 Å². The first kappa shape index (κ1) is 38.9. The zero-order chi connectivity index (χ0) is 47.5. The highest BCUT2D eigenvalue weighted by atomic mass is 16.3. The number of para-hydroxylation sites is 6. The molecule has 0 aliphatic carbocycles. The number of aromatic nitrogens is 2. The van der Waals surface area contributed by atoms with E-state index in [1.54, 1.807) is 0 Å². The van der Waals surface area contributed by atoms with Crippen LogP contribution in [-0.2, 0) is 0 Å². The molecule has 0 amide bonds. The van der Waals surface area contributed by atoms with E-state index >= 15 is 0 Å². The Morgan fingerprint density at radius 3 is 1.07 bits per heavy atom. The van der Waals surface area contributed by atoms with Crippen LogP contribution in [0.3, 0.4) is 0 Å². The molecule has 0 atom stereocenters. The van der Waals surface area contributed by atoms with E-state index in [0.717, 1.165) is 143 Å². The van der Waals surface area contributed by atoms with Crippen molar-refractivity contribution in [1.29, 1.82) is 0 Å². The minimum absolute atomic E-state index is 0.864. The lowest BCUT2D eigenvalue weighted by Crippen LogP contribution is -1.93. The Morgan fingerprint density at radius 1 is 0.219 bits per heavy atom. The monoisotopic (exact) mass is 930 g/mol. The zero-order valence-corrected chi connectivity index (χ0v) is 39.1. The fraction of sp³-hybridized carbons (Fsp3) is 0. The second-order valence-electron chi connectivity index (χ2n) is 19.5. The maximum atomic E-state index is 7.55. The van der Waals surface area contributed by atoms with Gasteiger partial charge < -0.3 is 22.4 Å². The summed E-state index contributed by atoms with van der Waals surface area (Å²) in [4.78, 5) is 0. The molecule has 5 heterocycles. The Balaban J connectivity index is 1.05. The van der Waals surface area contributed by atoms with Crippen molar-refractivity contribution in [3.05, 3.63) is 231 Å². The van der Waals surface area contributed by atoms with Gasteiger partial charge in [0.1, 0.15) is 33.5 Å². The number of rotatable bonds is 4. The largest absolute Gasteiger partial charge is 0.456 e. The summed E-state index contributed by atoms with van der Waals surface area (Å²) in [6.45, 7) is 0. The Labute approximate surface area is 415 Å². The van der Waals surface area contributed by atoms with E-state index in [1.807, 2.05) is 12.1 Å². The number of hydrogen-bond donors (Lipinski definition) is 0. The molecular weight excluding hydrogens is 893 g/mol. The molecule has 0 aliphatic rings. The number of hydrogen-bond acceptors (Lipinski definition) is 3. The summed E-state index contributed by atoms with van der Waals surface area (Å²) in [6.07, 6.45) is 0. The third kappa shape index (κ3) is 5.40. The molecule has 0 radical (unpaired) electrons. The molecule has 5 nitrogen and oxygen atoms in total. The highest BCUT2D eigenvalue weighted by Gasteiger charge is 2.24. The Hall–Kier alpha value is -9.84. The number of fused-ring (bicyclic) bond motifs is 19. The van der Waals surface area contributed by atoms with Crippen LogP contribution in [0.1, 0.15) is 0 Å². The molecule has 0 bridgehead atoms. The fourth-order valence-electron chi connectivity index (χ4n) is 12.4. The normalized spacial score (nSPS) is 12.4. The van der Waals surface area contributed by atoms with Gasteiger partial charge in [0.15, 0.2) is 0 Å². The van der Waals surface area contributed by atoms with E-state index in [4.69, 9.17) is 13.3 Å². The van der Waals surface area contributed by atoms with E-state index < -0.39 is 0 Å². The van der Waals surface area contributed by atoms with Gasteiger partial charge in [0, 0.05) is 76.0 Å². The molecule has 73 heavy (non-hydrogen) atoms. The van der Waals surface area contributed by atoms with Crippen LogP contribution in [0.15, 0.2) is 244 Å². The average molecular weight is 931 g/mol. The molecule has 12 aromatic carbocycles. The highest BCUT2D eigenvalue weighted by Crippen LogP contribution is 2.49.